The molecule has 0 bridgehead atoms. The van der Waals surface area contributed by atoms with Crippen LogP contribution in [0.15, 0.2) is 12.4 Å². The smallest absolute Gasteiger partial charge is 0.223 e. The van der Waals surface area contributed by atoms with Crippen LogP contribution in [0.1, 0.15) is 49.9 Å². The molecule has 1 N–H and O–H groups in total. The standard InChI is InChI=1S/C26H30Cl2N8O/c1-16(20-11-30-26(28)32-24(20)27)36-25-23(21(33-36)7-6-17-4-5-17)29-12-22(31-25)35-14-19(15-35)18-3-2-8-34(13-18)9-10-37/h11-12,16-19,37H,2-5,8-10,13-15H2,1H3/t16?,18-/m0/s1. The number of fused-ring (bicyclic) bond motifs is 1. The summed E-state index contributed by atoms with van der Waals surface area (Å²) in [5.74, 6) is 9.13. The number of β-amino-alcohol motifs (C(OH)–C–C–N with tert-alkyl or cyclic N) is 1. The topological polar surface area (TPSA) is 96.1 Å². The van der Waals surface area contributed by atoms with Crippen LogP contribution in [0, 0.1) is 29.6 Å². The van der Waals surface area contributed by atoms with Crippen LogP contribution in [0.25, 0.3) is 11.2 Å². The zero-order valence-corrected chi connectivity index (χ0v) is 22.3. The SMILES string of the molecule is CC(c1cnc(Cl)nc1Cl)n1nc(C#CC2CC2)c2ncc(N3CC([C@H]4CCCN(CCO)C4)C3)nc21. The summed E-state index contributed by atoms with van der Waals surface area (Å²) in [5, 5.41) is 14.5. The second-order valence-corrected chi connectivity index (χ2v) is 11.1. The van der Waals surface area contributed by atoms with E-state index in [0.29, 0.717) is 45.3 Å². The largest absolute Gasteiger partial charge is 0.395 e. The van der Waals surface area contributed by atoms with Crippen molar-refractivity contribution in [2.45, 2.75) is 38.6 Å². The van der Waals surface area contributed by atoms with Gasteiger partial charge in [-0.15, -0.1) is 0 Å². The molecule has 3 aliphatic rings. The Morgan fingerprint density at radius 1 is 1.08 bits per heavy atom. The molecule has 0 spiro atoms. The molecular weight excluding hydrogens is 511 g/mol. The highest BCUT2D eigenvalue weighted by Crippen LogP contribution is 2.35. The molecule has 3 aromatic heterocycles. The highest BCUT2D eigenvalue weighted by molar-refractivity contribution is 6.32. The number of hydrogen-bond acceptors (Lipinski definition) is 8. The predicted octanol–water partition coefficient (Wildman–Crippen LogP) is 3.43. The van der Waals surface area contributed by atoms with E-state index in [4.69, 9.17) is 38.3 Å². The quantitative estimate of drug-likeness (QED) is 0.288. The Morgan fingerprint density at radius 2 is 1.92 bits per heavy atom. The van der Waals surface area contributed by atoms with Gasteiger partial charge in [-0.05, 0) is 68.5 Å². The number of nitrogens with zero attached hydrogens (tertiary/aromatic N) is 8. The zero-order valence-electron chi connectivity index (χ0n) is 20.8. The third-order valence-electron chi connectivity index (χ3n) is 7.78. The highest BCUT2D eigenvalue weighted by atomic mass is 35.5. The lowest BCUT2D eigenvalue weighted by Gasteiger charge is -2.47. The highest BCUT2D eigenvalue weighted by Gasteiger charge is 2.36. The molecule has 5 heterocycles. The van der Waals surface area contributed by atoms with Crippen molar-refractivity contribution in [3.8, 4) is 11.8 Å². The van der Waals surface area contributed by atoms with Gasteiger partial charge in [0, 0.05) is 43.9 Å². The van der Waals surface area contributed by atoms with Crippen molar-refractivity contribution >= 4 is 40.2 Å². The Bertz CT molecular complexity index is 1360. The Hall–Kier alpha value is -2.51. The molecule has 1 unspecified atom stereocenters. The molecule has 37 heavy (non-hydrogen) atoms. The normalized spacial score (nSPS) is 21.5. The van der Waals surface area contributed by atoms with E-state index in [1.165, 1.54) is 12.8 Å². The lowest BCUT2D eigenvalue weighted by Crippen LogP contribution is -2.54. The molecular formula is C26H30Cl2N8O. The van der Waals surface area contributed by atoms with Crippen LogP contribution in [0.2, 0.25) is 10.4 Å². The van der Waals surface area contributed by atoms with Gasteiger partial charge in [-0.1, -0.05) is 17.5 Å². The van der Waals surface area contributed by atoms with Crippen molar-refractivity contribution in [2.24, 2.45) is 17.8 Å². The number of rotatable bonds is 6. The molecule has 0 radical (unpaired) electrons. The van der Waals surface area contributed by atoms with Crippen LogP contribution in [0.3, 0.4) is 0 Å². The number of likely N-dealkylation sites (tertiary alicyclic amines) is 1. The molecule has 3 aromatic rings. The summed E-state index contributed by atoms with van der Waals surface area (Å²) < 4.78 is 1.83. The average Bonchev–Trinajstić information content (AvgIpc) is 3.62. The lowest BCUT2D eigenvalue weighted by molar-refractivity contribution is 0.101. The van der Waals surface area contributed by atoms with Crippen molar-refractivity contribution in [3.63, 3.8) is 0 Å². The van der Waals surface area contributed by atoms with E-state index in [1.54, 1.807) is 6.20 Å². The summed E-state index contributed by atoms with van der Waals surface area (Å²) >= 11 is 12.3. The Labute approximate surface area is 226 Å². The van der Waals surface area contributed by atoms with E-state index in [0.717, 1.165) is 51.4 Å². The van der Waals surface area contributed by atoms with Crippen molar-refractivity contribution in [3.05, 3.63) is 34.1 Å². The molecule has 2 aliphatic heterocycles. The minimum absolute atomic E-state index is 0.106. The monoisotopic (exact) mass is 540 g/mol. The van der Waals surface area contributed by atoms with Gasteiger partial charge in [0.25, 0.3) is 0 Å². The van der Waals surface area contributed by atoms with Gasteiger partial charge in [0.05, 0.1) is 18.8 Å². The maximum absolute atomic E-state index is 9.32. The first-order chi connectivity index (χ1) is 18.0. The molecule has 11 heteroatoms. The van der Waals surface area contributed by atoms with Crippen LogP contribution >= 0.6 is 23.2 Å². The van der Waals surface area contributed by atoms with E-state index in [1.807, 2.05) is 17.8 Å². The van der Waals surface area contributed by atoms with Crippen LogP contribution in [0.5, 0.6) is 0 Å². The molecule has 0 aromatic carbocycles. The first-order valence-corrected chi connectivity index (χ1v) is 13.8. The van der Waals surface area contributed by atoms with Crippen molar-refractivity contribution in [2.75, 3.05) is 44.2 Å². The van der Waals surface area contributed by atoms with Gasteiger partial charge in [0.15, 0.2) is 11.3 Å². The number of piperidine rings is 1. The van der Waals surface area contributed by atoms with E-state index in [-0.39, 0.29) is 17.9 Å². The van der Waals surface area contributed by atoms with Gasteiger partial charge >= 0.3 is 0 Å². The second-order valence-electron chi connectivity index (χ2n) is 10.4. The molecule has 6 rings (SSSR count). The van der Waals surface area contributed by atoms with E-state index in [9.17, 15) is 5.11 Å². The number of anilines is 1. The fraction of sp³-hybridized carbons (Fsp3) is 0.577. The van der Waals surface area contributed by atoms with Gasteiger partial charge in [-0.25, -0.2) is 24.6 Å². The summed E-state index contributed by atoms with van der Waals surface area (Å²) in [6, 6.07) is -0.280. The zero-order chi connectivity index (χ0) is 25.5. The van der Waals surface area contributed by atoms with Gasteiger partial charge < -0.3 is 14.9 Å². The molecule has 1 saturated carbocycles. The molecule has 2 saturated heterocycles. The third-order valence-corrected chi connectivity index (χ3v) is 8.26. The summed E-state index contributed by atoms with van der Waals surface area (Å²) in [5.41, 5.74) is 2.70. The van der Waals surface area contributed by atoms with Crippen molar-refractivity contribution < 1.29 is 5.11 Å². The molecule has 1 aliphatic carbocycles. The third kappa shape index (κ3) is 5.13. The van der Waals surface area contributed by atoms with Crippen LogP contribution in [0.4, 0.5) is 5.82 Å². The minimum atomic E-state index is -0.280. The van der Waals surface area contributed by atoms with E-state index >= 15 is 0 Å². The summed E-state index contributed by atoms with van der Waals surface area (Å²) in [6.07, 6.45) is 8.21. The van der Waals surface area contributed by atoms with Crippen molar-refractivity contribution in [1.82, 2.24) is 34.6 Å². The average molecular weight is 541 g/mol. The number of hydrogen-bond donors (Lipinski definition) is 1. The van der Waals surface area contributed by atoms with E-state index in [2.05, 4.69) is 31.6 Å². The summed E-state index contributed by atoms with van der Waals surface area (Å²) in [7, 11) is 0. The molecule has 9 nitrogen and oxygen atoms in total. The number of aliphatic hydroxyl groups excluding tert-OH is 1. The minimum Gasteiger partial charge on any atom is -0.395 e. The van der Waals surface area contributed by atoms with E-state index < -0.39 is 0 Å². The van der Waals surface area contributed by atoms with Crippen LogP contribution in [-0.4, -0.2) is 79.1 Å². The number of halogens is 2. The van der Waals surface area contributed by atoms with Gasteiger partial charge in [-0.3, -0.25) is 0 Å². The van der Waals surface area contributed by atoms with Gasteiger partial charge in [0.2, 0.25) is 5.28 Å². The maximum Gasteiger partial charge on any atom is 0.223 e. The molecule has 0 amide bonds. The van der Waals surface area contributed by atoms with Crippen LogP contribution < -0.4 is 4.90 Å². The fourth-order valence-electron chi connectivity index (χ4n) is 5.39. The predicted molar refractivity (Wildman–Crippen MR) is 143 cm³/mol. The lowest BCUT2D eigenvalue weighted by atomic mass is 9.80. The fourth-order valence-corrected chi connectivity index (χ4v) is 5.85. The number of aliphatic hydroxyl groups is 1. The van der Waals surface area contributed by atoms with Crippen molar-refractivity contribution in [1.29, 1.82) is 0 Å². The number of aromatic nitrogens is 6. The Kier molecular flexibility index (Phi) is 6.93. The first-order valence-electron chi connectivity index (χ1n) is 13.0. The van der Waals surface area contributed by atoms with Gasteiger partial charge in [-0.2, -0.15) is 5.10 Å². The summed E-state index contributed by atoms with van der Waals surface area (Å²) in [6.45, 7) is 7.07. The molecule has 2 atom stereocenters. The second kappa shape index (κ2) is 10.3. The molecule has 3 fully saturated rings. The Balaban J connectivity index is 1.27. The van der Waals surface area contributed by atoms with Gasteiger partial charge in [0.1, 0.15) is 16.5 Å². The maximum atomic E-state index is 9.32. The van der Waals surface area contributed by atoms with Crippen LogP contribution in [-0.2, 0) is 0 Å². The first kappa shape index (κ1) is 24.8. The summed E-state index contributed by atoms with van der Waals surface area (Å²) in [4.78, 5) is 22.7. The molecule has 194 valence electrons. The Morgan fingerprint density at radius 3 is 2.68 bits per heavy atom.